The number of ether oxygens (including phenoxy) is 2. The van der Waals surface area contributed by atoms with E-state index in [4.69, 9.17) is 15.2 Å². The number of nitrogens with one attached hydrogen (secondary N) is 1. The van der Waals surface area contributed by atoms with Crippen molar-refractivity contribution in [3.05, 3.63) is 28.6 Å². The van der Waals surface area contributed by atoms with Gasteiger partial charge in [-0.05, 0) is 6.92 Å². The van der Waals surface area contributed by atoms with Gasteiger partial charge in [-0.1, -0.05) is 5.21 Å². The first-order chi connectivity index (χ1) is 21.5. The van der Waals surface area contributed by atoms with Crippen molar-refractivity contribution in [2.75, 3.05) is 12.3 Å². The summed E-state index contributed by atoms with van der Waals surface area (Å²) in [5.74, 6) is -0.282. The molecular weight excluding hydrogens is 670 g/mol. The predicted molar refractivity (Wildman–Crippen MR) is 144 cm³/mol. The minimum Gasteiger partial charge on any atom is -0.388 e. The standard InChI is InChI=1S/C20H30N8O16P2/c1-6(29)7-2-27(26-25-7)3-8-11(30)13(32)15(34)19(42-8)43-46(38,39)44-45(36,37)40-4-9-12(31)14(33)18(41-9)28-5-22-10-16(28)23-20(21)24-17(10)35/h2,5-6,8-9,11-15,18-19,29-34H,3-4H2,1H3,(H,36,37)(H,38,39)(H3,21,23,24,35)/t6?,8-,9+,11+,12+,13+,14+,15-,18+,19+/m0/s1. The second kappa shape index (κ2) is 13.0. The molecule has 2 aliphatic rings. The lowest BCUT2D eigenvalue weighted by atomic mass is 9.99. The fourth-order valence-corrected chi connectivity index (χ4v) is 6.79. The topological polar surface area (TPSA) is 362 Å². The summed E-state index contributed by atoms with van der Waals surface area (Å²) in [5, 5.41) is 68.7. The van der Waals surface area contributed by atoms with E-state index >= 15 is 0 Å². The number of hydrogen-bond donors (Lipinski definition) is 10. The number of nitrogen functional groups attached to an aromatic ring is 1. The van der Waals surface area contributed by atoms with E-state index in [0.717, 1.165) is 15.6 Å². The van der Waals surface area contributed by atoms with Gasteiger partial charge in [-0.25, -0.2) is 18.8 Å². The molecule has 2 saturated heterocycles. The van der Waals surface area contributed by atoms with Crippen LogP contribution in [-0.2, 0) is 38.5 Å². The van der Waals surface area contributed by atoms with E-state index in [1.54, 1.807) is 0 Å². The van der Waals surface area contributed by atoms with E-state index in [1.807, 2.05) is 0 Å². The molecule has 12 atom stereocenters. The SMILES string of the molecule is CC(O)c1cn(C[C@@H]2O[C@H](OP(=O)(O)OP(=O)(O)OC[C@H]3O[C@@H](n4cnc5c(=O)[nH]c(N)nc54)[C@H](O)[C@@H]3O)[C@@H](O)[C@H](O)[C@@H]2O)nn1. The van der Waals surface area contributed by atoms with E-state index in [9.17, 15) is 54.4 Å². The van der Waals surface area contributed by atoms with Crippen molar-refractivity contribution in [3.63, 3.8) is 0 Å². The predicted octanol–water partition coefficient (Wildman–Crippen LogP) is -4.28. The maximum atomic E-state index is 12.6. The highest BCUT2D eigenvalue weighted by Crippen LogP contribution is 2.61. The van der Waals surface area contributed by atoms with Gasteiger partial charge < -0.3 is 55.6 Å². The van der Waals surface area contributed by atoms with Gasteiger partial charge in [0.05, 0.1) is 31.8 Å². The van der Waals surface area contributed by atoms with Crippen LogP contribution in [0.3, 0.4) is 0 Å². The number of H-pyrrole nitrogens is 1. The highest BCUT2D eigenvalue weighted by Gasteiger charge is 2.50. The lowest BCUT2D eigenvalue weighted by molar-refractivity contribution is -0.278. The van der Waals surface area contributed by atoms with E-state index in [0.29, 0.717) is 0 Å². The molecule has 0 saturated carbocycles. The normalized spacial score (nSPS) is 33.5. The zero-order valence-electron chi connectivity index (χ0n) is 23.3. The number of fused-ring (bicyclic) bond motifs is 1. The molecular formula is C20H30N8O16P2. The monoisotopic (exact) mass is 700 g/mol. The number of imidazole rings is 1. The Morgan fingerprint density at radius 3 is 2.41 bits per heavy atom. The second-order valence-corrected chi connectivity index (χ2v) is 13.3. The third-order valence-corrected chi connectivity index (χ3v) is 9.53. The highest BCUT2D eigenvalue weighted by molar-refractivity contribution is 7.61. The van der Waals surface area contributed by atoms with Crippen LogP contribution in [0, 0.1) is 0 Å². The maximum absolute atomic E-state index is 12.6. The molecule has 2 aliphatic heterocycles. The van der Waals surface area contributed by atoms with Crippen molar-refractivity contribution >= 4 is 32.8 Å². The smallest absolute Gasteiger partial charge is 0.388 e. The van der Waals surface area contributed by atoms with Crippen LogP contribution in [0.1, 0.15) is 24.9 Å². The molecule has 0 amide bonds. The van der Waals surface area contributed by atoms with Gasteiger partial charge in [-0.2, -0.15) is 9.29 Å². The number of aromatic amines is 1. The number of nitrogens with two attached hydrogens (primary N) is 1. The molecule has 0 aliphatic carbocycles. The zero-order chi connectivity index (χ0) is 33.7. The summed E-state index contributed by atoms with van der Waals surface area (Å²) in [5.41, 5.74) is 4.71. The van der Waals surface area contributed by atoms with E-state index in [-0.39, 0.29) is 29.4 Å². The number of aliphatic hydroxyl groups excluding tert-OH is 6. The molecule has 256 valence electrons. The van der Waals surface area contributed by atoms with Crippen LogP contribution in [0.5, 0.6) is 0 Å². The van der Waals surface area contributed by atoms with Crippen molar-refractivity contribution in [2.45, 2.75) is 74.8 Å². The molecule has 46 heavy (non-hydrogen) atoms. The molecule has 0 aromatic carbocycles. The number of rotatable bonds is 11. The quantitative estimate of drug-likeness (QED) is 0.0846. The molecule has 3 unspecified atom stereocenters. The molecule has 0 spiro atoms. The van der Waals surface area contributed by atoms with Crippen molar-refractivity contribution in [1.29, 1.82) is 0 Å². The molecule has 11 N–H and O–H groups in total. The third kappa shape index (κ3) is 7.21. The Labute approximate surface area is 255 Å². The number of anilines is 1. The largest absolute Gasteiger partial charge is 0.483 e. The second-order valence-electron chi connectivity index (χ2n) is 10.3. The Morgan fingerprint density at radius 2 is 1.74 bits per heavy atom. The molecule has 26 heteroatoms. The minimum absolute atomic E-state index is 0.119. The minimum atomic E-state index is -5.66. The number of phosphoric acid groups is 2. The van der Waals surface area contributed by atoms with Gasteiger partial charge in [0.2, 0.25) is 5.95 Å². The summed E-state index contributed by atoms with van der Waals surface area (Å²) in [6.45, 7) is 0.0544. The summed E-state index contributed by atoms with van der Waals surface area (Å²) in [4.78, 5) is 42.3. The van der Waals surface area contributed by atoms with Gasteiger partial charge in [0, 0.05) is 0 Å². The van der Waals surface area contributed by atoms with Gasteiger partial charge in [0.15, 0.2) is 23.7 Å². The molecule has 3 aromatic heterocycles. The van der Waals surface area contributed by atoms with Gasteiger partial charge in [-0.3, -0.25) is 23.4 Å². The van der Waals surface area contributed by atoms with Crippen molar-refractivity contribution in [2.24, 2.45) is 0 Å². The Bertz CT molecular complexity index is 1700. The molecule has 3 aromatic rings. The van der Waals surface area contributed by atoms with E-state index in [2.05, 4.69) is 38.6 Å². The Kier molecular flexibility index (Phi) is 9.79. The average molecular weight is 700 g/mol. The number of hydrogen-bond acceptors (Lipinski definition) is 19. The molecule has 5 rings (SSSR count). The number of aromatic nitrogens is 7. The fourth-order valence-electron chi connectivity index (χ4n) is 4.63. The van der Waals surface area contributed by atoms with Crippen LogP contribution in [0.15, 0.2) is 17.3 Å². The summed E-state index contributed by atoms with van der Waals surface area (Å²) in [7, 11) is -11.2. The van der Waals surface area contributed by atoms with Gasteiger partial charge >= 0.3 is 15.6 Å². The van der Waals surface area contributed by atoms with Gasteiger partial charge in [0.25, 0.3) is 5.56 Å². The molecule has 0 bridgehead atoms. The van der Waals surface area contributed by atoms with E-state index in [1.165, 1.54) is 13.1 Å². The summed E-state index contributed by atoms with van der Waals surface area (Å²) in [6.07, 6.45) is -14.7. The summed E-state index contributed by atoms with van der Waals surface area (Å²) in [6, 6.07) is 0. The molecule has 5 heterocycles. The Morgan fingerprint density at radius 1 is 1.04 bits per heavy atom. The first-order valence-corrected chi connectivity index (χ1v) is 16.2. The first-order valence-electron chi connectivity index (χ1n) is 13.2. The van der Waals surface area contributed by atoms with Crippen LogP contribution in [0.4, 0.5) is 5.95 Å². The average Bonchev–Trinajstić information content (AvgIpc) is 3.67. The summed E-state index contributed by atoms with van der Waals surface area (Å²) >= 11 is 0. The number of aliphatic hydroxyl groups is 6. The van der Waals surface area contributed by atoms with Crippen molar-refractivity contribution in [1.82, 2.24) is 34.5 Å². The fraction of sp³-hybridized carbons (Fsp3) is 0.650. The highest BCUT2D eigenvalue weighted by atomic mass is 31.3. The molecule has 24 nitrogen and oxygen atoms in total. The lowest BCUT2D eigenvalue weighted by Gasteiger charge is -2.40. The van der Waals surface area contributed by atoms with Crippen LogP contribution >= 0.6 is 15.6 Å². The first kappa shape index (κ1) is 34.6. The van der Waals surface area contributed by atoms with Crippen molar-refractivity contribution in [3.8, 4) is 0 Å². The van der Waals surface area contributed by atoms with Crippen LogP contribution in [0.25, 0.3) is 11.2 Å². The molecule has 0 radical (unpaired) electrons. The Hall–Kier alpha value is -2.77. The van der Waals surface area contributed by atoms with Crippen molar-refractivity contribution < 1.29 is 72.4 Å². The Balaban J connectivity index is 1.20. The van der Waals surface area contributed by atoms with E-state index < -0.39 is 89.2 Å². The molecule has 2 fully saturated rings. The number of phosphoric ester groups is 2. The van der Waals surface area contributed by atoms with Crippen LogP contribution in [-0.4, -0.2) is 131 Å². The zero-order valence-corrected chi connectivity index (χ0v) is 25.1. The number of nitrogens with zero attached hydrogens (tertiary/aromatic N) is 6. The van der Waals surface area contributed by atoms with Crippen LogP contribution < -0.4 is 11.3 Å². The van der Waals surface area contributed by atoms with Gasteiger partial charge in [-0.15, -0.1) is 5.10 Å². The lowest BCUT2D eigenvalue weighted by Crippen LogP contribution is -2.58. The summed E-state index contributed by atoms with van der Waals surface area (Å²) < 4.78 is 51.7. The van der Waals surface area contributed by atoms with Gasteiger partial charge in [0.1, 0.15) is 48.4 Å². The third-order valence-electron chi connectivity index (χ3n) is 6.93. The van der Waals surface area contributed by atoms with Crippen LogP contribution in [0.2, 0.25) is 0 Å². The maximum Gasteiger partial charge on any atom is 0.483 e.